The lowest BCUT2D eigenvalue weighted by atomic mass is 9.95. The van der Waals surface area contributed by atoms with Gasteiger partial charge in [-0.15, -0.1) is 0 Å². The van der Waals surface area contributed by atoms with Crippen LogP contribution in [-0.4, -0.2) is 64.3 Å². The second kappa shape index (κ2) is 8.91. The summed E-state index contributed by atoms with van der Waals surface area (Å²) in [7, 11) is 2.08. The van der Waals surface area contributed by atoms with Crippen LogP contribution in [0.1, 0.15) is 44.6 Å². The number of nitro benzene ring substituents is 1. The van der Waals surface area contributed by atoms with Crippen LogP contribution in [0, 0.1) is 10.1 Å². The van der Waals surface area contributed by atoms with Crippen molar-refractivity contribution < 1.29 is 28.5 Å². The molecule has 9 nitrogen and oxygen atoms in total. The molecule has 2 aliphatic rings. The van der Waals surface area contributed by atoms with E-state index in [4.69, 9.17) is 4.74 Å². The molecule has 9 heteroatoms. The molecule has 2 heterocycles. The molecule has 2 saturated heterocycles. The Kier molecular flexibility index (Phi) is 6.50. The van der Waals surface area contributed by atoms with E-state index in [2.05, 4.69) is 7.05 Å². The highest BCUT2D eigenvalue weighted by Gasteiger charge is 2.55. The van der Waals surface area contributed by atoms with Crippen molar-refractivity contribution in [1.82, 2.24) is 4.90 Å². The van der Waals surface area contributed by atoms with Crippen molar-refractivity contribution in [3.05, 3.63) is 39.9 Å². The third kappa shape index (κ3) is 4.35. The van der Waals surface area contributed by atoms with E-state index >= 15 is 0 Å². The molecule has 1 aromatic carbocycles. The number of rotatable bonds is 8. The fourth-order valence-electron chi connectivity index (χ4n) is 4.32. The minimum absolute atomic E-state index is 0.0587. The molecule has 0 spiro atoms. The van der Waals surface area contributed by atoms with Crippen LogP contribution in [-0.2, 0) is 25.7 Å². The van der Waals surface area contributed by atoms with Crippen molar-refractivity contribution in [2.45, 2.75) is 57.8 Å². The summed E-state index contributed by atoms with van der Waals surface area (Å²) >= 11 is 0. The zero-order chi connectivity index (χ0) is 21.9. The number of carbonyl (C=O) groups is 3. The highest BCUT2D eigenvalue weighted by atomic mass is 16.6. The van der Waals surface area contributed by atoms with Crippen molar-refractivity contribution in [2.75, 3.05) is 20.1 Å². The summed E-state index contributed by atoms with van der Waals surface area (Å²) in [6.45, 7) is 3.37. The van der Waals surface area contributed by atoms with E-state index in [1.54, 1.807) is 6.92 Å². The molecule has 2 atom stereocenters. The van der Waals surface area contributed by atoms with Gasteiger partial charge in [0.25, 0.3) is 5.69 Å². The summed E-state index contributed by atoms with van der Waals surface area (Å²) in [5, 5.41) is 10.8. The first-order valence-corrected chi connectivity index (χ1v) is 10.3. The zero-order valence-electron chi connectivity index (χ0n) is 17.4. The van der Waals surface area contributed by atoms with E-state index in [0.717, 1.165) is 32.4 Å². The van der Waals surface area contributed by atoms with Crippen LogP contribution in [0.15, 0.2) is 24.3 Å². The Morgan fingerprint density at radius 1 is 1.23 bits per heavy atom. The number of amides is 1. The number of likely N-dealkylation sites (tertiary alicyclic amines) is 2. The Morgan fingerprint density at radius 3 is 2.40 bits per heavy atom. The molecule has 162 valence electrons. The smallest absolute Gasteiger partial charge is 0.337 e. The first-order valence-electron chi connectivity index (χ1n) is 10.3. The number of ether oxygens (including phenoxy) is 1. The van der Waals surface area contributed by atoms with Crippen LogP contribution in [0.4, 0.5) is 5.69 Å². The Morgan fingerprint density at radius 2 is 1.87 bits per heavy atom. The number of hydrogen-bond acceptors (Lipinski definition) is 6. The number of Topliss-reactive ketones (excluding diaryl/α,β-unsaturated/α-hetero) is 1. The topological polar surface area (TPSA) is 107 Å². The second-order valence-corrected chi connectivity index (χ2v) is 8.23. The third-order valence-electron chi connectivity index (χ3n) is 6.21. The first-order chi connectivity index (χ1) is 14.3. The molecule has 0 radical (unpaired) electrons. The molecule has 3 rings (SSSR count). The van der Waals surface area contributed by atoms with E-state index in [1.165, 1.54) is 29.2 Å². The average molecular weight is 418 g/mol. The van der Waals surface area contributed by atoms with Crippen LogP contribution in [0.3, 0.4) is 0 Å². The third-order valence-corrected chi connectivity index (χ3v) is 6.21. The molecule has 0 N–H and O–H groups in total. The molecular weight excluding hydrogens is 390 g/mol. The number of nitro groups is 1. The summed E-state index contributed by atoms with van der Waals surface area (Å²) in [4.78, 5) is 49.6. The normalized spacial score (nSPS) is 21.5. The van der Waals surface area contributed by atoms with Gasteiger partial charge in [-0.1, -0.05) is 6.92 Å². The predicted octanol–water partition coefficient (Wildman–Crippen LogP) is 2.17. The molecule has 2 fully saturated rings. The number of β-lactam (4-membered cyclic amide) rings is 1. The summed E-state index contributed by atoms with van der Waals surface area (Å²) in [6, 6.07) is 4.41. The summed E-state index contributed by atoms with van der Waals surface area (Å²) < 4.78 is 6.02. The lowest BCUT2D eigenvalue weighted by Crippen LogP contribution is -2.73. The monoisotopic (exact) mass is 418 g/mol. The van der Waals surface area contributed by atoms with Gasteiger partial charge >= 0.3 is 5.97 Å². The first kappa shape index (κ1) is 21.9. The molecule has 0 bridgehead atoms. The van der Waals surface area contributed by atoms with E-state index < -0.39 is 16.9 Å². The number of carbonyl (C=O) groups excluding carboxylic acids is 3. The van der Waals surface area contributed by atoms with Gasteiger partial charge in [0, 0.05) is 18.6 Å². The molecule has 0 saturated carbocycles. The van der Waals surface area contributed by atoms with E-state index in [0.29, 0.717) is 16.5 Å². The van der Waals surface area contributed by atoms with Gasteiger partial charge in [0.05, 0.1) is 31.5 Å². The fourth-order valence-corrected chi connectivity index (χ4v) is 4.32. The summed E-state index contributed by atoms with van der Waals surface area (Å²) in [6.07, 6.45) is 3.54. The van der Waals surface area contributed by atoms with Gasteiger partial charge in [-0.05, 0) is 37.0 Å². The van der Waals surface area contributed by atoms with E-state index in [9.17, 15) is 24.5 Å². The van der Waals surface area contributed by atoms with Crippen LogP contribution >= 0.6 is 0 Å². The molecule has 1 aromatic rings. The van der Waals surface area contributed by atoms with Gasteiger partial charge in [0.2, 0.25) is 5.91 Å². The van der Waals surface area contributed by atoms with Crippen molar-refractivity contribution in [3.8, 4) is 0 Å². The number of ketones is 1. The quantitative estimate of drug-likeness (QED) is 0.160. The van der Waals surface area contributed by atoms with E-state index in [1.807, 2.05) is 0 Å². The van der Waals surface area contributed by atoms with Crippen LogP contribution < -0.4 is 0 Å². The van der Waals surface area contributed by atoms with Gasteiger partial charge in [0.15, 0.2) is 18.0 Å². The number of piperidine rings is 1. The number of quaternary nitrogens is 1. The molecule has 0 aromatic heterocycles. The zero-order valence-corrected chi connectivity index (χ0v) is 17.4. The summed E-state index contributed by atoms with van der Waals surface area (Å²) in [5.74, 6) is -1.30. The Hall–Kier alpha value is -2.81. The van der Waals surface area contributed by atoms with Gasteiger partial charge < -0.3 is 9.22 Å². The maximum absolute atomic E-state index is 12.9. The minimum atomic E-state index is -1.24. The molecule has 1 amide bonds. The van der Waals surface area contributed by atoms with Gasteiger partial charge in [-0.25, -0.2) is 4.79 Å². The molecular formula is C21H28N3O6+. The lowest BCUT2D eigenvalue weighted by Gasteiger charge is -2.54. The number of hydrogen-bond donors (Lipinski definition) is 0. The Bertz CT molecular complexity index is 832. The van der Waals surface area contributed by atoms with Crippen molar-refractivity contribution in [3.63, 3.8) is 0 Å². The second-order valence-electron chi connectivity index (χ2n) is 8.23. The Balaban J connectivity index is 1.72. The SMILES string of the molecule is CCC(=O)C(C(=O)OCc1ccc([N+](=O)[O-])cc1)N1C(=O)CC1[N+]1(C)CCCCC1. The van der Waals surface area contributed by atoms with Crippen molar-refractivity contribution >= 4 is 23.3 Å². The largest absolute Gasteiger partial charge is 0.459 e. The Labute approximate surface area is 175 Å². The maximum Gasteiger partial charge on any atom is 0.337 e. The average Bonchev–Trinajstić information content (AvgIpc) is 2.74. The van der Waals surface area contributed by atoms with Gasteiger partial charge in [-0.2, -0.15) is 0 Å². The highest BCUT2D eigenvalue weighted by Crippen LogP contribution is 2.34. The number of benzene rings is 1. The predicted molar refractivity (Wildman–Crippen MR) is 107 cm³/mol. The van der Waals surface area contributed by atoms with Crippen LogP contribution in [0.5, 0.6) is 0 Å². The molecule has 0 aliphatic carbocycles. The number of esters is 1. The molecule has 2 aliphatic heterocycles. The summed E-state index contributed by atoms with van der Waals surface area (Å²) in [5.41, 5.74) is 0.509. The van der Waals surface area contributed by atoms with Crippen LogP contribution in [0.2, 0.25) is 0 Å². The van der Waals surface area contributed by atoms with Gasteiger partial charge in [0.1, 0.15) is 6.61 Å². The lowest BCUT2D eigenvalue weighted by molar-refractivity contribution is -0.950. The number of non-ortho nitro benzene ring substituents is 1. The van der Waals surface area contributed by atoms with Crippen molar-refractivity contribution in [1.29, 1.82) is 0 Å². The van der Waals surface area contributed by atoms with Crippen LogP contribution in [0.25, 0.3) is 0 Å². The van der Waals surface area contributed by atoms with E-state index in [-0.39, 0.29) is 36.6 Å². The maximum atomic E-state index is 12.9. The highest BCUT2D eigenvalue weighted by molar-refractivity contribution is 6.06. The minimum Gasteiger partial charge on any atom is -0.459 e. The standard InChI is InChI=1S/C21H28N3O6/c1-3-17(25)20(21(27)30-14-15-7-9-16(10-8-15)23(28)29)22-18(13-19(22)26)24(2)11-5-4-6-12-24/h7-10,18,20H,3-6,11-14H2,1-2H3/q+1. The van der Waals surface area contributed by atoms with Gasteiger partial charge in [-0.3, -0.25) is 24.6 Å². The molecule has 30 heavy (non-hydrogen) atoms. The van der Waals surface area contributed by atoms with Crippen molar-refractivity contribution in [2.24, 2.45) is 0 Å². The number of nitrogens with zero attached hydrogens (tertiary/aromatic N) is 3. The fraction of sp³-hybridized carbons (Fsp3) is 0.571. The molecule has 2 unspecified atom stereocenters.